The predicted octanol–water partition coefficient (Wildman–Crippen LogP) is 2.69. The van der Waals surface area contributed by atoms with E-state index in [9.17, 15) is 14.4 Å². The summed E-state index contributed by atoms with van der Waals surface area (Å²) in [7, 11) is 0. The smallest absolute Gasteiger partial charge is 0.335 e. The maximum atomic E-state index is 12.7. The monoisotopic (exact) mass is 338 g/mol. The minimum absolute atomic E-state index is 0.0670. The van der Waals surface area contributed by atoms with Crippen LogP contribution in [-0.2, 0) is 16.0 Å². The van der Waals surface area contributed by atoms with Crippen LogP contribution in [0.5, 0.6) is 0 Å². The lowest BCUT2D eigenvalue weighted by atomic mass is 10.1. The van der Waals surface area contributed by atoms with Crippen LogP contribution in [0, 0.1) is 0 Å². The van der Waals surface area contributed by atoms with Crippen molar-refractivity contribution in [3.05, 3.63) is 59.7 Å². The molecule has 0 bridgehead atoms. The van der Waals surface area contributed by atoms with Crippen LogP contribution in [0.25, 0.3) is 0 Å². The van der Waals surface area contributed by atoms with Gasteiger partial charge in [-0.2, -0.15) is 0 Å². The van der Waals surface area contributed by atoms with E-state index in [0.717, 1.165) is 22.6 Å². The van der Waals surface area contributed by atoms with Crippen molar-refractivity contribution in [1.29, 1.82) is 0 Å². The molecule has 1 heterocycles. The van der Waals surface area contributed by atoms with Gasteiger partial charge in [-0.15, -0.1) is 0 Å². The number of nitrogens with one attached hydrogen (secondary N) is 1. The van der Waals surface area contributed by atoms with E-state index in [-0.39, 0.29) is 23.8 Å². The quantitative estimate of drug-likeness (QED) is 0.819. The molecule has 0 unspecified atom stereocenters. The number of anilines is 2. The number of hydrogen-bond donors (Lipinski definition) is 2. The van der Waals surface area contributed by atoms with Crippen molar-refractivity contribution in [3.8, 4) is 0 Å². The number of benzene rings is 2. The van der Waals surface area contributed by atoms with Crippen LogP contribution in [0.3, 0.4) is 0 Å². The van der Waals surface area contributed by atoms with E-state index < -0.39 is 12.0 Å². The van der Waals surface area contributed by atoms with Gasteiger partial charge in [0.05, 0.1) is 17.7 Å². The molecule has 0 spiro atoms. The highest BCUT2D eigenvalue weighted by atomic mass is 16.4. The van der Waals surface area contributed by atoms with E-state index in [2.05, 4.69) is 5.32 Å². The third kappa shape index (κ3) is 3.24. The van der Waals surface area contributed by atoms with Crippen LogP contribution in [0.1, 0.15) is 29.3 Å². The second-order valence-electron chi connectivity index (χ2n) is 5.83. The molecule has 2 N–H and O–H groups in total. The first-order chi connectivity index (χ1) is 12.0. The van der Waals surface area contributed by atoms with Gasteiger partial charge in [-0.25, -0.2) is 9.69 Å². The first-order valence-corrected chi connectivity index (χ1v) is 8.06. The fourth-order valence-corrected chi connectivity index (χ4v) is 2.93. The summed E-state index contributed by atoms with van der Waals surface area (Å²) in [4.78, 5) is 37.0. The van der Waals surface area contributed by atoms with Crippen LogP contribution in [0.15, 0.2) is 48.5 Å². The first-order valence-electron chi connectivity index (χ1n) is 8.06. The zero-order valence-electron chi connectivity index (χ0n) is 13.7. The number of amides is 2. The third-order valence-corrected chi connectivity index (χ3v) is 4.25. The SMILES string of the molecule is CCc1ccccc1N[C@H]1CC(=O)N(c2ccc(C(=O)O)cc2)C1=O. The van der Waals surface area contributed by atoms with Gasteiger partial charge >= 0.3 is 5.97 Å². The van der Waals surface area contributed by atoms with Crippen LogP contribution >= 0.6 is 0 Å². The fourth-order valence-electron chi connectivity index (χ4n) is 2.93. The molecule has 2 amide bonds. The number of aromatic carboxylic acids is 1. The summed E-state index contributed by atoms with van der Waals surface area (Å²) in [5, 5.41) is 12.1. The maximum Gasteiger partial charge on any atom is 0.335 e. The molecule has 25 heavy (non-hydrogen) atoms. The molecular formula is C19H18N2O4. The average Bonchev–Trinajstić information content (AvgIpc) is 2.89. The summed E-state index contributed by atoms with van der Waals surface area (Å²) in [6, 6.07) is 12.8. The molecule has 0 aliphatic carbocycles. The molecule has 0 saturated carbocycles. The van der Waals surface area contributed by atoms with Crippen molar-refractivity contribution >= 4 is 29.2 Å². The number of carbonyl (C=O) groups is 3. The number of rotatable bonds is 5. The normalized spacial score (nSPS) is 17.0. The zero-order valence-corrected chi connectivity index (χ0v) is 13.7. The van der Waals surface area contributed by atoms with Crippen LogP contribution in [-0.4, -0.2) is 28.9 Å². The second-order valence-corrected chi connectivity index (χ2v) is 5.83. The molecule has 1 fully saturated rings. The van der Waals surface area contributed by atoms with E-state index in [1.54, 1.807) is 0 Å². The minimum atomic E-state index is -1.05. The number of carbonyl (C=O) groups excluding carboxylic acids is 2. The lowest BCUT2D eigenvalue weighted by Crippen LogP contribution is -2.35. The van der Waals surface area contributed by atoms with Gasteiger partial charge in [0.2, 0.25) is 5.91 Å². The van der Waals surface area contributed by atoms with Crippen molar-refractivity contribution in [2.45, 2.75) is 25.8 Å². The van der Waals surface area contributed by atoms with Crippen molar-refractivity contribution in [1.82, 2.24) is 0 Å². The van der Waals surface area contributed by atoms with Crippen molar-refractivity contribution in [3.63, 3.8) is 0 Å². The zero-order chi connectivity index (χ0) is 18.0. The summed E-state index contributed by atoms with van der Waals surface area (Å²) in [6.45, 7) is 2.03. The molecule has 1 atom stereocenters. The number of carboxylic acid groups (broad SMARTS) is 1. The summed E-state index contributed by atoms with van der Waals surface area (Å²) in [5.74, 6) is -1.69. The van der Waals surface area contributed by atoms with Gasteiger partial charge in [0.15, 0.2) is 0 Å². The molecule has 2 aromatic rings. The average molecular weight is 338 g/mol. The largest absolute Gasteiger partial charge is 0.478 e. The first kappa shape index (κ1) is 16.7. The van der Waals surface area contributed by atoms with Gasteiger partial charge < -0.3 is 10.4 Å². The number of hydrogen-bond acceptors (Lipinski definition) is 4. The predicted molar refractivity (Wildman–Crippen MR) is 93.7 cm³/mol. The molecule has 1 aliphatic rings. The molecule has 0 aromatic heterocycles. The number of imide groups is 1. The summed E-state index contributed by atoms with van der Waals surface area (Å²) < 4.78 is 0. The Morgan fingerprint density at radius 2 is 1.84 bits per heavy atom. The molecule has 6 nitrogen and oxygen atoms in total. The van der Waals surface area contributed by atoms with Crippen molar-refractivity contribution in [2.24, 2.45) is 0 Å². The highest BCUT2D eigenvalue weighted by molar-refractivity contribution is 6.23. The standard InChI is InChI=1S/C19H18N2O4/c1-2-12-5-3-4-6-15(12)20-16-11-17(22)21(18(16)23)14-9-7-13(8-10-14)19(24)25/h3-10,16,20H,2,11H2,1H3,(H,24,25)/t16-/m0/s1. The Kier molecular flexibility index (Phi) is 4.52. The number of para-hydroxylation sites is 1. The Morgan fingerprint density at radius 1 is 1.16 bits per heavy atom. The lowest BCUT2D eigenvalue weighted by molar-refractivity contribution is -0.121. The molecule has 3 rings (SSSR count). The molecule has 1 aliphatic heterocycles. The highest BCUT2D eigenvalue weighted by Crippen LogP contribution is 2.26. The van der Waals surface area contributed by atoms with Crippen LogP contribution in [0.4, 0.5) is 11.4 Å². The molecule has 128 valence electrons. The Labute approximate surface area is 145 Å². The molecule has 1 saturated heterocycles. The van der Waals surface area contributed by atoms with Gasteiger partial charge in [-0.3, -0.25) is 9.59 Å². The summed E-state index contributed by atoms with van der Waals surface area (Å²) in [6.07, 6.45) is 0.885. The van der Waals surface area contributed by atoms with Gasteiger partial charge in [0.25, 0.3) is 5.91 Å². The van der Waals surface area contributed by atoms with E-state index in [4.69, 9.17) is 5.11 Å². The molecule has 2 aromatic carbocycles. The summed E-state index contributed by atoms with van der Waals surface area (Å²) >= 11 is 0. The topological polar surface area (TPSA) is 86.7 Å². The Morgan fingerprint density at radius 3 is 2.48 bits per heavy atom. The van der Waals surface area contributed by atoms with Crippen molar-refractivity contribution < 1.29 is 19.5 Å². The van der Waals surface area contributed by atoms with Crippen molar-refractivity contribution in [2.75, 3.05) is 10.2 Å². The summed E-state index contributed by atoms with van der Waals surface area (Å²) in [5.41, 5.74) is 2.41. The maximum absolute atomic E-state index is 12.7. The third-order valence-electron chi connectivity index (χ3n) is 4.25. The lowest BCUT2D eigenvalue weighted by Gasteiger charge is -2.17. The Balaban J connectivity index is 1.81. The number of carboxylic acids is 1. The van der Waals surface area contributed by atoms with Gasteiger partial charge in [0, 0.05) is 5.69 Å². The van der Waals surface area contributed by atoms with Crippen LogP contribution in [0.2, 0.25) is 0 Å². The van der Waals surface area contributed by atoms with E-state index >= 15 is 0 Å². The minimum Gasteiger partial charge on any atom is -0.478 e. The number of nitrogens with zero attached hydrogens (tertiary/aromatic N) is 1. The van der Waals surface area contributed by atoms with E-state index in [0.29, 0.717) is 5.69 Å². The Bertz CT molecular complexity index is 830. The highest BCUT2D eigenvalue weighted by Gasteiger charge is 2.39. The molecule has 0 radical (unpaired) electrons. The van der Waals surface area contributed by atoms with E-state index in [1.807, 2.05) is 31.2 Å². The van der Waals surface area contributed by atoms with E-state index in [1.165, 1.54) is 24.3 Å². The second kappa shape index (κ2) is 6.76. The molecular weight excluding hydrogens is 320 g/mol. The fraction of sp³-hybridized carbons (Fsp3) is 0.211. The van der Waals surface area contributed by atoms with Gasteiger partial charge in [-0.05, 0) is 42.3 Å². The van der Waals surface area contributed by atoms with Crippen LogP contribution < -0.4 is 10.2 Å². The number of aryl methyl sites for hydroxylation is 1. The Hall–Kier alpha value is -3.15. The van der Waals surface area contributed by atoms with Gasteiger partial charge in [0.1, 0.15) is 6.04 Å². The molecule has 6 heteroatoms. The van der Waals surface area contributed by atoms with Gasteiger partial charge in [-0.1, -0.05) is 25.1 Å².